The highest BCUT2D eigenvalue weighted by molar-refractivity contribution is 6.19. The molecule has 0 amide bonds. The van der Waals surface area contributed by atoms with Crippen molar-refractivity contribution >= 4 is 35.2 Å². The summed E-state index contributed by atoms with van der Waals surface area (Å²) in [5.74, 6) is -0.294. The van der Waals surface area contributed by atoms with Gasteiger partial charge in [0, 0.05) is 18.1 Å². The number of hydrogen-bond donors (Lipinski definition) is 3. The Morgan fingerprint density at radius 2 is 1.70 bits per heavy atom. The number of aromatic nitrogens is 3. The van der Waals surface area contributed by atoms with Gasteiger partial charge < -0.3 is 25.2 Å². The lowest BCUT2D eigenvalue weighted by molar-refractivity contribution is -0.154. The Balaban J connectivity index is 1.81. The minimum atomic E-state index is -4.60. The molecule has 0 aliphatic heterocycles. The number of ether oxygens (including phenoxy) is 2. The van der Waals surface area contributed by atoms with E-state index in [0.717, 1.165) is 11.1 Å². The van der Waals surface area contributed by atoms with Gasteiger partial charge in [-0.15, -0.1) is 11.6 Å². The third kappa shape index (κ3) is 9.30. The van der Waals surface area contributed by atoms with Gasteiger partial charge in [-0.2, -0.15) is 28.1 Å². The minimum Gasteiger partial charge on any atom is -0.489 e. The first kappa shape index (κ1) is 30.5. The van der Waals surface area contributed by atoms with Crippen molar-refractivity contribution in [1.29, 1.82) is 0 Å². The molecule has 0 fully saturated rings. The molecule has 0 saturated heterocycles. The first-order chi connectivity index (χ1) is 18.7. The molecule has 1 aromatic heterocycles. The molecule has 0 bridgehead atoms. The van der Waals surface area contributed by atoms with Gasteiger partial charge in [0.2, 0.25) is 11.9 Å². The summed E-state index contributed by atoms with van der Waals surface area (Å²) in [6.07, 6.45) is -4.60. The first-order valence-electron chi connectivity index (χ1n) is 12.0. The molecular formula is C27H29ClF3N5O4. The second-order valence-electron chi connectivity index (χ2n) is 9.78. The van der Waals surface area contributed by atoms with Crippen molar-refractivity contribution in [2.24, 2.45) is 0 Å². The molecule has 0 spiro atoms. The number of hydrogen-bond acceptors (Lipinski definition) is 8. The van der Waals surface area contributed by atoms with E-state index in [2.05, 4.69) is 32.2 Å². The number of carboxylic acids is 1. The summed E-state index contributed by atoms with van der Waals surface area (Å²) in [6, 6.07) is 11.1. The molecule has 3 rings (SSSR count). The van der Waals surface area contributed by atoms with Crippen molar-refractivity contribution in [2.45, 2.75) is 38.9 Å². The Morgan fingerprint density at radius 3 is 2.30 bits per heavy atom. The second kappa shape index (κ2) is 12.9. The molecule has 3 aromatic rings. The Bertz CT molecular complexity index is 1350. The van der Waals surface area contributed by atoms with Crippen molar-refractivity contribution in [3.05, 3.63) is 71.3 Å². The zero-order valence-corrected chi connectivity index (χ0v) is 22.9. The lowest BCUT2D eigenvalue weighted by Gasteiger charge is -2.22. The number of aromatic carboxylic acids is 1. The fourth-order valence-corrected chi connectivity index (χ4v) is 3.45. The first-order valence-corrected chi connectivity index (χ1v) is 12.6. The number of rotatable bonds is 12. The average molecular weight is 580 g/mol. The number of alkyl halides is 4. The Kier molecular flexibility index (Phi) is 9.80. The molecule has 0 aliphatic carbocycles. The highest BCUT2D eigenvalue weighted by Crippen LogP contribution is 2.30. The van der Waals surface area contributed by atoms with Gasteiger partial charge >= 0.3 is 18.2 Å². The van der Waals surface area contributed by atoms with Crippen molar-refractivity contribution in [2.75, 3.05) is 29.7 Å². The summed E-state index contributed by atoms with van der Waals surface area (Å²) < 4.78 is 48.7. The largest absolute Gasteiger partial charge is 0.489 e. The van der Waals surface area contributed by atoms with E-state index in [1.165, 1.54) is 12.1 Å². The van der Waals surface area contributed by atoms with Crippen LogP contribution in [0.1, 0.15) is 42.3 Å². The van der Waals surface area contributed by atoms with E-state index in [1.54, 1.807) is 30.3 Å². The highest BCUT2D eigenvalue weighted by atomic mass is 35.5. The zero-order valence-electron chi connectivity index (χ0n) is 22.1. The SMILES string of the molecule is C=C(CCl)COc1ccc(CNc2nc(Nc3ccc(C(=O)O)c(C(C)(C)C)c3)nc(OCC(F)(F)F)n2)cc1. The number of halogens is 4. The van der Waals surface area contributed by atoms with Crippen molar-refractivity contribution in [1.82, 2.24) is 15.0 Å². The molecule has 9 nitrogen and oxygen atoms in total. The third-order valence-corrected chi connectivity index (χ3v) is 5.68. The van der Waals surface area contributed by atoms with E-state index in [1.807, 2.05) is 20.8 Å². The van der Waals surface area contributed by atoms with Gasteiger partial charge in [-0.05, 0) is 52.4 Å². The van der Waals surface area contributed by atoms with Crippen LogP contribution in [0.2, 0.25) is 0 Å². The van der Waals surface area contributed by atoms with Crippen LogP contribution in [-0.2, 0) is 12.0 Å². The topological polar surface area (TPSA) is 118 Å². The molecule has 13 heteroatoms. The van der Waals surface area contributed by atoms with Crippen LogP contribution < -0.4 is 20.1 Å². The number of carbonyl (C=O) groups is 1. The van der Waals surface area contributed by atoms with Gasteiger partial charge in [-0.1, -0.05) is 39.5 Å². The predicted octanol–water partition coefficient (Wildman–Crippen LogP) is 6.34. The van der Waals surface area contributed by atoms with Gasteiger partial charge in [0.15, 0.2) is 6.61 Å². The molecule has 0 unspecified atom stereocenters. The quantitative estimate of drug-likeness (QED) is 0.167. The van der Waals surface area contributed by atoms with Gasteiger partial charge in [0.25, 0.3) is 0 Å². The number of carboxylic acid groups (broad SMARTS) is 1. The van der Waals surface area contributed by atoms with Gasteiger partial charge in [-0.25, -0.2) is 4.79 Å². The Labute approximate surface area is 234 Å². The molecule has 3 N–H and O–H groups in total. The minimum absolute atomic E-state index is 0.0355. The van der Waals surface area contributed by atoms with E-state index in [0.29, 0.717) is 29.5 Å². The van der Waals surface area contributed by atoms with Crippen LogP contribution in [-0.4, -0.2) is 51.3 Å². The van der Waals surface area contributed by atoms with E-state index in [9.17, 15) is 23.1 Å². The maximum atomic E-state index is 12.8. The molecule has 0 aliphatic rings. The van der Waals surface area contributed by atoms with Crippen molar-refractivity contribution < 1.29 is 32.5 Å². The van der Waals surface area contributed by atoms with Crippen LogP contribution in [0.5, 0.6) is 11.8 Å². The highest BCUT2D eigenvalue weighted by Gasteiger charge is 2.29. The lowest BCUT2D eigenvalue weighted by Crippen LogP contribution is -2.21. The van der Waals surface area contributed by atoms with Crippen LogP contribution >= 0.6 is 11.6 Å². The third-order valence-electron chi connectivity index (χ3n) is 5.30. The molecule has 40 heavy (non-hydrogen) atoms. The second-order valence-corrected chi connectivity index (χ2v) is 10.0. The van der Waals surface area contributed by atoms with Crippen LogP contribution in [0, 0.1) is 0 Å². The van der Waals surface area contributed by atoms with Crippen LogP contribution in [0.4, 0.5) is 30.8 Å². The Hall–Kier alpha value is -4.06. The molecule has 0 radical (unpaired) electrons. The fourth-order valence-electron chi connectivity index (χ4n) is 3.37. The molecular weight excluding hydrogens is 551 g/mol. The number of anilines is 3. The smallest absolute Gasteiger partial charge is 0.422 e. The van der Waals surface area contributed by atoms with Crippen LogP contribution in [0.25, 0.3) is 0 Å². The van der Waals surface area contributed by atoms with E-state index in [4.69, 9.17) is 21.1 Å². The summed E-state index contributed by atoms with van der Waals surface area (Å²) in [7, 11) is 0. The Morgan fingerprint density at radius 1 is 1.02 bits per heavy atom. The van der Waals surface area contributed by atoms with Crippen LogP contribution in [0.3, 0.4) is 0 Å². The standard InChI is InChI=1S/C27H29ClF3N5O4/c1-16(12-28)14-39-19-8-5-17(6-9-19)13-32-23-34-24(36-25(35-23)40-15-27(29,30)31)33-18-7-10-20(22(37)38)21(11-18)26(2,3)4/h5-11H,1,12-15H2,2-4H3,(H,37,38)(H2,32,33,34,35,36). The van der Waals surface area contributed by atoms with Crippen LogP contribution in [0.15, 0.2) is 54.6 Å². The number of nitrogens with one attached hydrogen (secondary N) is 2. The molecule has 214 valence electrons. The van der Waals surface area contributed by atoms with Gasteiger partial charge in [0.1, 0.15) is 12.4 Å². The lowest BCUT2D eigenvalue weighted by atomic mass is 9.83. The fraction of sp³-hybridized carbons (Fsp3) is 0.333. The zero-order chi connectivity index (χ0) is 29.5. The van der Waals surface area contributed by atoms with Gasteiger partial charge in [0.05, 0.1) is 5.56 Å². The summed E-state index contributed by atoms with van der Waals surface area (Å²) >= 11 is 5.70. The number of nitrogens with zero attached hydrogens (tertiary/aromatic N) is 3. The molecule has 2 aromatic carbocycles. The maximum absolute atomic E-state index is 12.8. The molecule has 0 saturated carbocycles. The van der Waals surface area contributed by atoms with E-state index >= 15 is 0 Å². The number of benzene rings is 2. The molecule has 1 heterocycles. The van der Waals surface area contributed by atoms with E-state index in [-0.39, 0.29) is 24.0 Å². The monoisotopic (exact) mass is 579 g/mol. The maximum Gasteiger partial charge on any atom is 0.422 e. The van der Waals surface area contributed by atoms with E-state index < -0.39 is 30.2 Å². The predicted molar refractivity (Wildman–Crippen MR) is 146 cm³/mol. The van der Waals surface area contributed by atoms with Crippen molar-refractivity contribution in [3.63, 3.8) is 0 Å². The summed E-state index contributed by atoms with van der Waals surface area (Å²) in [6.45, 7) is 8.30. The van der Waals surface area contributed by atoms with Crippen molar-refractivity contribution in [3.8, 4) is 11.8 Å². The van der Waals surface area contributed by atoms with Gasteiger partial charge in [-0.3, -0.25) is 0 Å². The summed E-state index contributed by atoms with van der Waals surface area (Å²) in [5, 5.41) is 15.4. The normalized spacial score (nSPS) is 11.6. The molecule has 0 atom stereocenters. The average Bonchev–Trinajstić information content (AvgIpc) is 2.89. The summed E-state index contributed by atoms with van der Waals surface area (Å²) in [4.78, 5) is 23.8. The summed E-state index contributed by atoms with van der Waals surface area (Å²) in [5.41, 5.74) is 2.16.